The minimum absolute atomic E-state index is 0.0352. The van der Waals surface area contributed by atoms with Crippen molar-refractivity contribution in [2.45, 2.75) is 24.0 Å². The third-order valence-electron chi connectivity index (χ3n) is 2.20. The molecule has 1 aromatic rings. The molecule has 4 heteroatoms. The van der Waals surface area contributed by atoms with Gasteiger partial charge in [-0.2, -0.15) is 0 Å². The van der Waals surface area contributed by atoms with Gasteiger partial charge in [0.1, 0.15) is 0 Å². The Labute approximate surface area is 101 Å². The van der Waals surface area contributed by atoms with Crippen molar-refractivity contribution in [2.75, 3.05) is 0 Å². The third kappa shape index (κ3) is 4.12. The standard InChI is InChI=1S/C10H13.3ClH.Ti/c1-10(2,3)9-7-5-4-6-8-9;;;;/h4-8H,1H2,2-3H3;3*1H;/q;;;;+3/p-3. The fourth-order valence-corrected chi connectivity index (χ4v) is 7.51. The van der Waals surface area contributed by atoms with E-state index in [0.717, 1.165) is 0 Å². The molecule has 0 N–H and O–H groups in total. The van der Waals surface area contributed by atoms with Gasteiger partial charge in [-0.15, -0.1) is 0 Å². The molecule has 0 unspecified atom stereocenters. The summed E-state index contributed by atoms with van der Waals surface area (Å²) in [7, 11) is 18.0. The van der Waals surface area contributed by atoms with Crippen LogP contribution in [0.2, 0.25) is 4.73 Å². The van der Waals surface area contributed by atoms with Gasteiger partial charge in [-0.25, -0.2) is 0 Å². The molecule has 0 aliphatic rings. The average molecular weight is 287 g/mol. The van der Waals surface area contributed by atoms with E-state index in [-0.39, 0.29) is 5.41 Å². The van der Waals surface area contributed by atoms with E-state index in [2.05, 4.69) is 26.0 Å². The molecule has 0 atom stereocenters. The van der Waals surface area contributed by atoms with Gasteiger partial charge < -0.3 is 0 Å². The van der Waals surface area contributed by atoms with Crippen molar-refractivity contribution >= 4 is 27.9 Å². The summed E-state index contributed by atoms with van der Waals surface area (Å²) >= 11 is -3.04. The second-order valence-electron chi connectivity index (χ2n) is 4.04. The number of benzene rings is 1. The quantitative estimate of drug-likeness (QED) is 0.686. The Kier molecular flexibility index (Phi) is 4.38. The molecule has 0 aromatic heterocycles. The van der Waals surface area contributed by atoms with Gasteiger partial charge in [0.25, 0.3) is 0 Å². The predicted molar refractivity (Wildman–Crippen MR) is 61.8 cm³/mol. The molecular formula is C10H13Cl3Ti. The molecule has 0 heterocycles. The van der Waals surface area contributed by atoms with Crippen LogP contribution in [0.3, 0.4) is 0 Å². The Morgan fingerprint density at radius 1 is 1.07 bits per heavy atom. The molecule has 0 nitrogen and oxygen atoms in total. The minimum atomic E-state index is -3.04. The first-order valence-corrected chi connectivity index (χ1v) is 12.0. The molecule has 78 valence electrons. The monoisotopic (exact) mass is 286 g/mol. The van der Waals surface area contributed by atoms with Crippen LogP contribution in [0.15, 0.2) is 30.3 Å². The Bertz CT molecular complexity index is 290. The Hall–Kier alpha value is 0.804. The van der Waals surface area contributed by atoms with Gasteiger partial charge in [0.05, 0.1) is 0 Å². The van der Waals surface area contributed by atoms with E-state index < -0.39 is 13.4 Å². The van der Waals surface area contributed by atoms with Crippen LogP contribution in [0.25, 0.3) is 0 Å². The van der Waals surface area contributed by atoms with Gasteiger partial charge in [0, 0.05) is 0 Å². The summed E-state index contributed by atoms with van der Waals surface area (Å²) in [6.45, 7) is 4.24. The topological polar surface area (TPSA) is 0 Å². The van der Waals surface area contributed by atoms with Gasteiger partial charge in [0.15, 0.2) is 0 Å². The van der Waals surface area contributed by atoms with Gasteiger partial charge in [-0.1, -0.05) is 0 Å². The average Bonchev–Trinajstić information content (AvgIpc) is 2.01. The van der Waals surface area contributed by atoms with E-state index in [1.165, 1.54) is 5.56 Å². The first-order valence-electron chi connectivity index (χ1n) is 4.43. The molecule has 1 aromatic carbocycles. The number of halogens is 3. The molecule has 0 amide bonds. The van der Waals surface area contributed by atoms with Crippen LogP contribution < -0.4 is 0 Å². The molecule has 0 saturated heterocycles. The maximum atomic E-state index is 5.99. The molecule has 0 saturated carbocycles. The third-order valence-corrected chi connectivity index (χ3v) is 5.86. The molecule has 0 spiro atoms. The molecular weight excluding hydrogens is 274 g/mol. The van der Waals surface area contributed by atoms with E-state index in [4.69, 9.17) is 27.9 Å². The molecule has 0 fully saturated rings. The zero-order valence-corrected chi connectivity index (χ0v) is 12.1. The van der Waals surface area contributed by atoms with E-state index in [0.29, 0.717) is 4.73 Å². The summed E-state index contributed by atoms with van der Waals surface area (Å²) in [5, 5.41) is 0. The second-order valence-corrected chi connectivity index (χ2v) is 16.9. The fourth-order valence-electron chi connectivity index (χ4n) is 1.49. The summed E-state index contributed by atoms with van der Waals surface area (Å²) in [5.41, 5.74) is 1.20. The maximum absolute atomic E-state index is 5.99. The van der Waals surface area contributed by atoms with Crippen molar-refractivity contribution < 1.29 is 13.4 Å². The van der Waals surface area contributed by atoms with Gasteiger partial charge >= 0.3 is 101 Å². The second kappa shape index (κ2) is 4.76. The number of hydrogen-bond acceptors (Lipinski definition) is 0. The molecule has 1 rings (SSSR count). The molecule has 14 heavy (non-hydrogen) atoms. The zero-order valence-electron chi connectivity index (χ0n) is 8.23. The van der Waals surface area contributed by atoms with Gasteiger partial charge in [0.2, 0.25) is 0 Å². The SMILES string of the molecule is CC(C)([CH2][Ti]([Cl])([Cl])[Cl])c1ccccc1. The van der Waals surface area contributed by atoms with Gasteiger partial charge in [-0.3, -0.25) is 0 Å². The molecule has 0 aliphatic heterocycles. The van der Waals surface area contributed by atoms with Crippen molar-refractivity contribution in [1.82, 2.24) is 0 Å². The van der Waals surface area contributed by atoms with Crippen molar-refractivity contribution in [3.05, 3.63) is 35.9 Å². The molecule has 0 aliphatic carbocycles. The number of rotatable bonds is 3. The van der Waals surface area contributed by atoms with Crippen molar-refractivity contribution in [2.24, 2.45) is 0 Å². The zero-order chi connectivity index (χ0) is 10.8. The van der Waals surface area contributed by atoms with Crippen LogP contribution >= 0.6 is 27.9 Å². The summed E-state index contributed by atoms with van der Waals surface area (Å²) in [5.74, 6) is 0. The first kappa shape index (κ1) is 12.9. The van der Waals surface area contributed by atoms with E-state index in [1.807, 2.05) is 18.2 Å². The van der Waals surface area contributed by atoms with E-state index >= 15 is 0 Å². The number of hydrogen-bond donors (Lipinski definition) is 0. The summed E-state index contributed by atoms with van der Waals surface area (Å²) < 4.78 is 0.696. The Morgan fingerprint density at radius 3 is 2.00 bits per heavy atom. The van der Waals surface area contributed by atoms with Crippen LogP contribution in [-0.4, -0.2) is 0 Å². The molecule has 0 radical (unpaired) electrons. The van der Waals surface area contributed by atoms with Crippen LogP contribution in [0.5, 0.6) is 0 Å². The first-order chi connectivity index (χ1) is 6.31. The van der Waals surface area contributed by atoms with Crippen LogP contribution in [0.1, 0.15) is 19.4 Å². The summed E-state index contributed by atoms with van der Waals surface area (Å²) in [6.07, 6.45) is 0. The Balaban J connectivity index is 2.86. The van der Waals surface area contributed by atoms with Crippen LogP contribution in [0.4, 0.5) is 0 Å². The van der Waals surface area contributed by atoms with Crippen LogP contribution in [0, 0.1) is 0 Å². The van der Waals surface area contributed by atoms with Crippen LogP contribution in [-0.2, 0) is 18.8 Å². The normalized spacial score (nSPS) is 12.9. The van der Waals surface area contributed by atoms with Crippen molar-refractivity contribution in [1.29, 1.82) is 0 Å². The van der Waals surface area contributed by atoms with Gasteiger partial charge in [-0.05, 0) is 0 Å². The van der Waals surface area contributed by atoms with E-state index in [1.54, 1.807) is 0 Å². The fraction of sp³-hybridized carbons (Fsp3) is 0.400. The summed E-state index contributed by atoms with van der Waals surface area (Å²) in [4.78, 5) is 0. The predicted octanol–water partition coefficient (Wildman–Crippen LogP) is 5.00. The van der Waals surface area contributed by atoms with E-state index in [9.17, 15) is 0 Å². The van der Waals surface area contributed by atoms with Crippen molar-refractivity contribution in [3.63, 3.8) is 0 Å². The summed E-state index contributed by atoms with van der Waals surface area (Å²) in [6, 6.07) is 10.2. The molecule has 0 bridgehead atoms. The Morgan fingerprint density at radius 2 is 1.57 bits per heavy atom. The van der Waals surface area contributed by atoms with Crippen molar-refractivity contribution in [3.8, 4) is 0 Å².